The Bertz CT molecular complexity index is 226. The highest BCUT2D eigenvalue weighted by molar-refractivity contribution is 5.73. The maximum Gasteiger partial charge on any atom is 0.331 e. The zero-order chi connectivity index (χ0) is 8.55. The van der Waals surface area contributed by atoms with Gasteiger partial charge in [0.15, 0.2) is 0 Å². The van der Waals surface area contributed by atoms with E-state index in [9.17, 15) is 4.79 Å². The van der Waals surface area contributed by atoms with Crippen molar-refractivity contribution in [3.63, 3.8) is 0 Å². The molecule has 0 radical (unpaired) electrons. The Labute approximate surface area is 70.1 Å². The van der Waals surface area contributed by atoms with Crippen LogP contribution in [0.15, 0.2) is 12.2 Å². The molecule has 2 aliphatic carbocycles. The second-order valence-electron chi connectivity index (χ2n) is 3.40. The Kier molecular flexibility index (Phi) is 1.86. The van der Waals surface area contributed by atoms with Crippen molar-refractivity contribution in [1.29, 1.82) is 0 Å². The molecule has 0 amide bonds. The Hall–Kier alpha value is -0.870. The summed E-state index contributed by atoms with van der Waals surface area (Å²) in [6, 6.07) is 0. The Morgan fingerprint density at radius 1 is 1.50 bits per heavy atom. The van der Waals surface area contributed by atoms with Gasteiger partial charge in [0, 0.05) is 0 Å². The maximum atomic E-state index is 11.2. The quantitative estimate of drug-likeness (QED) is 0.470. The topological polar surface area (TPSA) is 58.6 Å². The number of hydrogen-bond acceptors (Lipinski definition) is 4. The van der Waals surface area contributed by atoms with Gasteiger partial charge in [-0.2, -0.15) is 0 Å². The van der Waals surface area contributed by atoms with Gasteiger partial charge in [0.2, 0.25) is 0 Å². The molecule has 1 fully saturated rings. The van der Waals surface area contributed by atoms with Crippen LogP contribution in [0.5, 0.6) is 0 Å². The summed E-state index contributed by atoms with van der Waals surface area (Å²) in [5, 5.41) is 8.16. The third-order valence-corrected chi connectivity index (χ3v) is 2.73. The highest BCUT2D eigenvalue weighted by Crippen LogP contribution is 2.43. The Morgan fingerprint density at radius 3 is 2.83 bits per heavy atom. The molecule has 3 atom stereocenters. The van der Waals surface area contributed by atoms with E-state index >= 15 is 0 Å². The summed E-state index contributed by atoms with van der Waals surface area (Å²) in [5.74, 6) is 0.469. The van der Waals surface area contributed by atoms with E-state index in [0.717, 1.165) is 12.8 Å². The fourth-order valence-electron chi connectivity index (χ4n) is 2.17. The zero-order valence-electron chi connectivity index (χ0n) is 6.56. The van der Waals surface area contributed by atoms with Gasteiger partial charge in [0.05, 0.1) is 5.92 Å². The number of carbonyl (C=O) groups excluding carboxylic acids is 1. The second-order valence-corrected chi connectivity index (χ2v) is 3.40. The molecular weight excluding hydrogens is 158 g/mol. The van der Waals surface area contributed by atoms with Crippen molar-refractivity contribution in [3.05, 3.63) is 12.2 Å². The first-order chi connectivity index (χ1) is 5.81. The first-order valence-electron chi connectivity index (χ1n) is 4.09. The van der Waals surface area contributed by atoms with E-state index < -0.39 is 0 Å². The van der Waals surface area contributed by atoms with Gasteiger partial charge >= 0.3 is 5.97 Å². The largest absolute Gasteiger partial charge is 0.345 e. The average molecular weight is 169 g/mol. The number of allylic oxidation sites excluding steroid dienone is 2. The molecule has 4 heteroatoms. The minimum atomic E-state index is -0.352. The van der Waals surface area contributed by atoms with Crippen molar-refractivity contribution in [2.45, 2.75) is 12.8 Å². The van der Waals surface area contributed by atoms with Gasteiger partial charge < -0.3 is 4.84 Å². The monoisotopic (exact) mass is 169 g/mol. The van der Waals surface area contributed by atoms with Crippen LogP contribution in [0.3, 0.4) is 0 Å². The number of nitrogens with one attached hydrogen (secondary N) is 1. The number of fused-ring (bicyclic) bond motifs is 2. The van der Waals surface area contributed by atoms with Crippen molar-refractivity contribution < 1.29 is 14.8 Å². The predicted octanol–water partition coefficient (Wildman–Crippen LogP) is 0.636. The molecule has 0 aromatic carbocycles. The third kappa shape index (κ3) is 1.13. The molecule has 3 unspecified atom stereocenters. The fraction of sp³-hybridized carbons (Fsp3) is 0.625. The van der Waals surface area contributed by atoms with E-state index in [-0.39, 0.29) is 11.9 Å². The van der Waals surface area contributed by atoms with Crippen LogP contribution in [0.4, 0.5) is 0 Å². The van der Waals surface area contributed by atoms with E-state index in [0.29, 0.717) is 11.8 Å². The van der Waals surface area contributed by atoms with E-state index in [1.165, 1.54) is 5.64 Å². The molecule has 4 nitrogen and oxygen atoms in total. The summed E-state index contributed by atoms with van der Waals surface area (Å²) >= 11 is 0. The molecule has 0 spiro atoms. The van der Waals surface area contributed by atoms with Gasteiger partial charge in [0.25, 0.3) is 0 Å². The molecule has 66 valence electrons. The van der Waals surface area contributed by atoms with Gasteiger partial charge in [-0.3, -0.25) is 5.21 Å². The summed E-state index contributed by atoms with van der Waals surface area (Å²) in [6.45, 7) is 0. The molecule has 0 saturated heterocycles. The van der Waals surface area contributed by atoms with Gasteiger partial charge in [-0.05, 0) is 30.3 Å². The first kappa shape index (κ1) is 7.76. The lowest BCUT2D eigenvalue weighted by molar-refractivity contribution is -0.182. The summed E-state index contributed by atoms with van der Waals surface area (Å²) in [4.78, 5) is 15.5. The van der Waals surface area contributed by atoms with Crippen LogP contribution in [0.2, 0.25) is 0 Å². The predicted molar refractivity (Wildman–Crippen MR) is 39.9 cm³/mol. The normalized spacial score (nSPS) is 37.2. The van der Waals surface area contributed by atoms with E-state index in [1.807, 2.05) is 0 Å². The molecule has 1 saturated carbocycles. The second kappa shape index (κ2) is 2.88. The maximum absolute atomic E-state index is 11.2. The summed E-state index contributed by atoms with van der Waals surface area (Å²) in [6.07, 6.45) is 6.14. The van der Waals surface area contributed by atoms with E-state index in [1.54, 1.807) is 0 Å². The molecule has 2 N–H and O–H groups in total. The van der Waals surface area contributed by atoms with Crippen LogP contribution >= 0.6 is 0 Å². The van der Waals surface area contributed by atoms with Crippen molar-refractivity contribution in [3.8, 4) is 0 Å². The van der Waals surface area contributed by atoms with Crippen molar-refractivity contribution >= 4 is 5.97 Å². The van der Waals surface area contributed by atoms with Crippen LogP contribution < -0.4 is 5.64 Å². The van der Waals surface area contributed by atoms with Crippen molar-refractivity contribution in [2.75, 3.05) is 0 Å². The molecule has 2 rings (SSSR count). The van der Waals surface area contributed by atoms with Gasteiger partial charge in [0.1, 0.15) is 0 Å². The fourth-order valence-corrected chi connectivity index (χ4v) is 2.17. The summed E-state index contributed by atoms with van der Waals surface area (Å²) < 4.78 is 0. The standard InChI is InChI=1S/C8H11NO3/c10-8(12-9-11)7-4-5-1-2-6(7)3-5/h1-2,5-7,9,11H,3-4H2. The molecule has 0 aliphatic heterocycles. The lowest BCUT2D eigenvalue weighted by Crippen LogP contribution is -2.26. The van der Waals surface area contributed by atoms with E-state index in [2.05, 4.69) is 17.0 Å². The Morgan fingerprint density at radius 2 is 2.33 bits per heavy atom. The highest BCUT2D eigenvalue weighted by Gasteiger charge is 2.40. The van der Waals surface area contributed by atoms with Crippen LogP contribution in [0.1, 0.15) is 12.8 Å². The van der Waals surface area contributed by atoms with Crippen LogP contribution in [-0.2, 0) is 9.63 Å². The SMILES string of the molecule is O=C(ONO)C1CC2C=CC1C2. The number of carbonyl (C=O) groups is 1. The Balaban J connectivity index is 1.98. The zero-order valence-corrected chi connectivity index (χ0v) is 6.56. The minimum absolute atomic E-state index is 0.0559. The lowest BCUT2D eigenvalue weighted by Gasteiger charge is -2.14. The number of hydrogen-bond donors (Lipinski definition) is 2. The third-order valence-electron chi connectivity index (χ3n) is 2.73. The van der Waals surface area contributed by atoms with Crippen LogP contribution in [0, 0.1) is 17.8 Å². The summed E-state index contributed by atoms with van der Waals surface area (Å²) in [5.41, 5.74) is 1.43. The smallest absolute Gasteiger partial charge is 0.331 e. The molecule has 12 heavy (non-hydrogen) atoms. The molecule has 0 heterocycles. The first-order valence-corrected chi connectivity index (χ1v) is 4.09. The van der Waals surface area contributed by atoms with Crippen LogP contribution in [0.25, 0.3) is 0 Å². The highest BCUT2D eigenvalue weighted by atomic mass is 16.9. The van der Waals surface area contributed by atoms with Gasteiger partial charge in [-0.15, -0.1) is 0 Å². The van der Waals surface area contributed by atoms with Crippen molar-refractivity contribution in [2.24, 2.45) is 17.8 Å². The van der Waals surface area contributed by atoms with Gasteiger partial charge in [-0.1, -0.05) is 12.2 Å². The average Bonchev–Trinajstić information content (AvgIpc) is 2.64. The van der Waals surface area contributed by atoms with Crippen molar-refractivity contribution in [1.82, 2.24) is 5.64 Å². The molecule has 2 aliphatic rings. The summed E-state index contributed by atoms with van der Waals surface area (Å²) in [7, 11) is 0. The molecular formula is C8H11NO3. The molecule has 0 aromatic heterocycles. The van der Waals surface area contributed by atoms with Gasteiger partial charge in [-0.25, -0.2) is 4.79 Å². The molecule has 2 bridgehead atoms. The number of rotatable bonds is 2. The lowest BCUT2D eigenvalue weighted by atomic mass is 9.94. The molecule has 0 aromatic rings. The minimum Gasteiger partial charge on any atom is -0.345 e. The van der Waals surface area contributed by atoms with E-state index in [4.69, 9.17) is 5.21 Å². The van der Waals surface area contributed by atoms with Crippen LogP contribution in [-0.4, -0.2) is 11.2 Å².